The van der Waals surface area contributed by atoms with Gasteiger partial charge >= 0.3 is 5.97 Å². The molecule has 0 bridgehead atoms. The first-order valence-electron chi connectivity index (χ1n) is 5.78. The quantitative estimate of drug-likeness (QED) is 0.875. The number of benzene rings is 1. The normalized spacial score (nSPS) is 16.1. The third-order valence-corrected chi connectivity index (χ3v) is 2.82. The van der Waals surface area contributed by atoms with E-state index in [1.54, 1.807) is 0 Å². The molecule has 1 atom stereocenters. The number of carbonyl (C=O) groups is 1. The smallest absolute Gasteiger partial charge is 0.303 e. The Balaban J connectivity index is 2.20. The fourth-order valence-electron chi connectivity index (χ4n) is 1.87. The maximum absolute atomic E-state index is 10.7. The van der Waals surface area contributed by atoms with Crippen molar-refractivity contribution in [2.24, 2.45) is 0 Å². The van der Waals surface area contributed by atoms with Crippen molar-refractivity contribution in [3.63, 3.8) is 0 Å². The van der Waals surface area contributed by atoms with Crippen LogP contribution in [-0.2, 0) is 4.79 Å². The molecule has 1 heterocycles. The molecular formula is C13H16O4. The molecular weight excluding hydrogens is 220 g/mol. The van der Waals surface area contributed by atoms with E-state index < -0.39 is 5.97 Å². The summed E-state index contributed by atoms with van der Waals surface area (Å²) in [6, 6.07) is 5.64. The minimum absolute atomic E-state index is 0.0235. The number of hydrogen-bond acceptors (Lipinski definition) is 3. The minimum atomic E-state index is -0.787. The highest BCUT2D eigenvalue weighted by atomic mass is 16.5. The van der Waals surface area contributed by atoms with Gasteiger partial charge in [0.1, 0.15) is 0 Å². The Morgan fingerprint density at radius 1 is 1.35 bits per heavy atom. The lowest BCUT2D eigenvalue weighted by molar-refractivity contribution is -0.137. The van der Waals surface area contributed by atoms with Gasteiger partial charge in [0, 0.05) is 6.42 Å². The second-order valence-corrected chi connectivity index (χ2v) is 4.26. The average molecular weight is 236 g/mol. The summed E-state index contributed by atoms with van der Waals surface area (Å²) in [5, 5.41) is 8.77. The second-order valence-electron chi connectivity index (χ2n) is 4.26. The summed E-state index contributed by atoms with van der Waals surface area (Å²) in [7, 11) is 0. The number of rotatable bonds is 3. The van der Waals surface area contributed by atoms with Gasteiger partial charge in [-0.1, -0.05) is 13.0 Å². The third kappa shape index (κ3) is 2.90. The lowest BCUT2D eigenvalue weighted by Crippen LogP contribution is -2.03. The zero-order valence-corrected chi connectivity index (χ0v) is 9.81. The van der Waals surface area contributed by atoms with E-state index in [4.69, 9.17) is 14.6 Å². The van der Waals surface area contributed by atoms with Gasteiger partial charge in [-0.3, -0.25) is 4.79 Å². The van der Waals surface area contributed by atoms with Gasteiger partial charge in [-0.25, -0.2) is 0 Å². The van der Waals surface area contributed by atoms with Crippen molar-refractivity contribution in [1.29, 1.82) is 0 Å². The predicted octanol–water partition coefficient (Wildman–Crippen LogP) is 2.43. The van der Waals surface area contributed by atoms with Crippen LogP contribution < -0.4 is 9.47 Å². The highest BCUT2D eigenvalue weighted by Gasteiger charge is 2.15. The molecule has 0 aliphatic carbocycles. The zero-order valence-electron chi connectivity index (χ0n) is 9.81. The number of ether oxygens (including phenoxy) is 2. The van der Waals surface area contributed by atoms with E-state index >= 15 is 0 Å². The Labute approximate surface area is 100 Å². The van der Waals surface area contributed by atoms with E-state index in [2.05, 4.69) is 0 Å². The Morgan fingerprint density at radius 2 is 2.06 bits per heavy atom. The molecule has 1 aliphatic heterocycles. The van der Waals surface area contributed by atoms with Crippen LogP contribution in [0.3, 0.4) is 0 Å². The number of carboxylic acid groups (broad SMARTS) is 1. The van der Waals surface area contributed by atoms with E-state index in [0.29, 0.717) is 13.2 Å². The molecule has 0 spiro atoms. The molecule has 17 heavy (non-hydrogen) atoms. The molecule has 0 aromatic heterocycles. The van der Waals surface area contributed by atoms with Crippen molar-refractivity contribution in [3.05, 3.63) is 23.8 Å². The van der Waals surface area contributed by atoms with E-state index in [0.717, 1.165) is 23.5 Å². The van der Waals surface area contributed by atoms with Crippen LogP contribution in [0.4, 0.5) is 0 Å². The largest absolute Gasteiger partial charge is 0.490 e. The van der Waals surface area contributed by atoms with Gasteiger partial charge in [-0.15, -0.1) is 0 Å². The topological polar surface area (TPSA) is 55.8 Å². The molecule has 0 amide bonds. The van der Waals surface area contributed by atoms with Crippen molar-refractivity contribution in [2.75, 3.05) is 13.2 Å². The molecule has 0 saturated heterocycles. The number of fused-ring (bicyclic) bond motifs is 1. The molecule has 4 nitrogen and oxygen atoms in total. The average Bonchev–Trinajstić information content (AvgIpc) is 2.51. The molecule has 92 valence electrons. The Bertz CT molecular complexity index is 414. The SMILES string of the molecule is CC(CC(=O)O)c1ccc2c(c1)OCCCO2. The Kier molecular flexibility index (Phi) is 3.52. The summed E-state index contributed by atoms with van der Waals surface area (Å²) < 4.78 is 11.1. The molecule has 2 rings (SSSR count). The van der Waals surface area contributed by atoms with Gasteiger partial charge in [0.15, 0.2) is 11.5 Å². The molecule has 0 radical (unpaired) electrons. The Hall–Kier alpha value is -1.71. The molecule has 1 unspecified atom stereocenters. The summed E-state index contributed by atoms with van der Waals surface area (Å²) in [5.41, 5.74) is 0.969. The monoisotopic (exact) mass is 236 g/mol. The molecule has 1 aromatic carbocycles. The van der Waals surface area contributed by atoms with Gasteiger partial charge < -0.3 is 14.6 Å². The van der Waals surface area contributed by atoms with Gasteiger partial charge in [0.2, 0.25) is 0 Å². The van der Waals surface area contributed by atoms with Crippen LogP contribution in [0.2, 0.25) is 0 Å². The minimum Gasteiger partial charge on any atom is -0.490 e. The Morgan fingerprint density at radius 3 is 2.76 bits per heavy atom. The summed E-state index contributed by atoms with van der Waals surface area (Å²) in [5.74, 6) is 0.653. The first-order chi connectivity index (χ1) is 8.16. The van der Waals surface area contributed by atoms with Crippen LogP contribution in [0, 0.1) is 0 Å². The van der Waals surface area contributed by atoms with Crippen LogP contribution >= 0.6 is 0 Å². The van der Waals surface area contributed by atoms with Crippen LogP contribution in [0.15, 0.2) is 18.2 Å². The standard InChI is InChI=1S/C13H16O4/c1-9(7-13(14)15)10-3-4-11-12(8-10)17-6-2-5-16-11/h3-4,8-9H,2,5-7H2,1H3,(H,14,15). The predicted molar refractivity (Wildman–Crippen MR) is 62.7 cm³/mol. The van der Waals surface area contributed by atoms with Gasteiger partial charge in [-0.2, -0.15) is 0 Å². The van der Waals surface area contributed by atoms with Gasteiger partial charge in [0.05, 0.1) is 19.6 Å². The summed E-state index contributed by atoms with van der Waals surface area (Å²) in [6.45, 7) is 3.20. The van der Waals surface area contributed by atoms with E-state index in [-0.39, 0.29) is 12.3 Å². The fourth-order valence-corrected chi connectivity index (χ4v) is 1.87. The van der Waals surface area contributed by atoms with Crippen molar-refractivity contribution in [1.82, 2.24) is 0 Å². The van der Waals surface area contributed by atoms with E-state index in [1.807, 2.05) is 25.1 Å². The number of hydrogen-bond donors (Lipinski definition) is 1. The highest BCUT2D eigenvalue weighted by molar-refractivity contribution is 5.68. The lowest BCUT2D eigenvalue weighted by Gasteiger charge is -2.13. The third-order valence-electron chi connectivity index (χ3n) is 2.82. The van der Waals surface area contributed by atoms with Crippen molar-refractivity contribution >= 4 is 5.97 Å². The van der Waals surface area contributed by atoms with Crippen LogP contribution in [0.5, 0.6) is 11.5 Å². The molecule has 1 aliphatic rings. The molecule has 1 aromatic rings. The van der Waals surface area contributed by atoms with Crippen molar-refractivity contribution < 1.29 is 19.4 Å². The fraction of sp³-hybridized carbons (Fsp3) is 0.462. The zero-order chi connectivity index (χ0) is 12.3. The molecule has 1 N–H and O–H groups in total. The van der Waals surface area contributed by atoms with Crippen LogP contribution in [-0.4, -0.2) is 24.3 Å². The summed E-state index contributed by atoms with van der Waals surface area (Å²) in [4.78, 5) is 10.7. The first kappa shape index (κ1) is 11.8. The van der Waals surface area contributed by atoms with E-state index in [1.165, 1.54) is 0 Å². The second kappa shape index (κ2) is 5.08. The van der Waals surface area contributed by atoms with Crippen molar-refractivity contribution in [2.45, 2.75) is 25.7 Å². The number of aliphatic carboxylic acids is 1. The molecule has 4 heteroatoms. The highest BCUT2D eigenvalue weighted by Crippen LogP contribution is 2.33. The maximum Gasteiger partial charge on any atom is 0.303 e. The van der Waals surface area contributed by atoms with Gasteiger partial charge in [-0.05, 0) is 23.6 Å². The maximum atomic E-state index is 10.7. The van der Waals surface area contributed by atoms with Crippen LogP contribution in [0.1, 0.15) is 31.2 Å². The first-order valence-corrected chi connectivity index (χ1v) is 5.78. The lowest BCUT2D eigenvalue weighted by atomic mass is 9.97. The van der Waals surface area contributed by atoms with Gasteiger partial charge in [0.25, 0.3) is 0 Å². The molecule has 0 saturated carbocycles. The van der Waals surface area contributed by atoms with Crippen LogP contribution in [0.25, 0.3) is 0 Å². The summed E-state index contributed by atoms with van der Waals surface area (Å²) >= 11 is 0. The van der Waals surface area contributed by atoms with E-state index in [9.17, 15) is 4.79 Å². The summed E-state index contributed by atoms with van der Waals surface area (Å²) in [6.07, 6.45) is 0.994. The number of carboxylic acids is 1. The van der Waals surface area contributed by atoms with Crippen molar-refractivity contribution in [3.8, 4) is 11.5 Å². The molecule has 0 fully saturated rings.